The molecule has 0 aliphatic carbocycles. The van der Waals surface area contributed by atoms with E-state index in [9.17, 15) is 4.79 Å². The van der Waals surface area contributed by atoms with Gasteiger partial charge in [0, 0.05) is 10.9 Å². The highest BCUT2D eigenvalue weighted by atomic mass is 32.1. The number of hydrogen-bond donors (Lipinski definition) is 0. The van der Waals surface area contributed by atoms with Crippen LogP contribution >= 0.6 is 11.3 Å². The molecule has 0 N–H and O–H groups in total. The highest BCUT2D eigenvalue weighted by molar-refractivity contribution is 7.09. The molecule has 1 atom stereocenters. The summed E-state index contributed by atoms with van der Waals surface area (Å²) in [5.74, 6) is 0.766. The van der Waals surface area contributed by atoms with Crippen molar-refractivity contribution in [1.29, 1.82) is 0 Å². The van der Waals surface area contributed by atoms with Gasteiger partial charge in [-0.15, -0.1) is 11.3 Å². The van der Waals surface area contributed by atoms with Gasteiger partial charge in [0.25, 0.3) is 5.91 Å². The third-order valence-electron chi connectivity index (χ3n) is 3.73. The Bertz CT molecular complexity index is 578. The summed E-state index contributed by atoms with van der Waals surface area (Å²) in [5, 5.41) is 2.04. The Hall–Kier alpha value is -1.81. The Morgan fingerprint density at radius 2 is 2.00 bits per heavy atom. The first-order chi connectivity index (χ1) is 10.6. The molecule has 2 aromatic rings. The number of ether oxygens (including phenoxy) is 1. The number of benzene rings is 1. The predicted molar refractivity (Wildman–Crippen MR) is 91.3 cm³/mol. The van der Waals surface area contributed by atoms with Crippen LogP contribution in [0.2, 0.25) is 0 Å². The zero-order chi connectivity index (χ0) is 15.9. The fourth-order valence-electron chi connectivity index (χ4n) is 2.14. The SMILES string of the molecule is CCC(C)N(Cc1cccs1)C(=O)COc1ccc(C)cc1. The molecule has 1 aromatic heterocycles. The minimum atomic E-state index is 0.0309. The lowest BCUT2D eigenvalue weighted by Gasteiger charge is -2.28. The van der Waals surface area contributed by atoms with Crippen molar-refractivity contribution in [3.8, 4) is 5.75 Å². The van der Waals surface area contributed by atoms with Gasteiger partial charge in [-0.3, -0.25) is 4.79 Å². The quantitative estimate of drug-likeness (QED) is 0.763. The van der Waals surface area contributed by atoms with Crippen molar-refractivity contribution in [2.75, 3.05) is 6.61 Å². The van der Waals surface area contributed by atoms with E-state index >= 15 is 0 Å². The van der Waals surface area contributed by atoms with E-state index in [1.807, 2.05) is 47.5 Å². The van der Waals surface area contributed by atoms with E-state index in [1.54, 1.807) is 11.3 Å². The molecular weight excluding hydrogens is 294 g/mol. The number of nitrogens with zero attached hydrogens (tertiary/aromatic N) is 1. The van der Waals surface area contributed by atoms with Crippen LogP contribution in [0.25, 0.3) is 0 Å². The summed E-state index contributed by atoms with van der Waals surface area (Å²) in [6.07, 6.45) is 0.932. The first-order valence-corrected chi connectivity index (χ1v) is 8.49. The van der Waals surface area contributed by atoms with Crippen LogP contribution in [-0.4, -0.2) is 23.5 Å². The topological polar surface area (TPSA) is 29.5 Å². The van der Waals surface area contributed by atoms with Crippen LogP contribution in [0.15, 0.2) is 41.8 Å². The zero-order valence-electron chi connectivity index (χ0n) is 13.4. The predicted octanol–water partition coefficient (Wildman–Crippen LogP) is 4.26. The Labute approximate surface area is 136 Å². The van der Waals surface area contributed by atoms with Crippen LogP contribution < -0.4 is 4.74 Å². The summed E-state index contributed by atoms with van der Waals surface area (Å²) in [6, 6.07) is 12.0. The molecule has 1 heterocycles. The standard InChI is InChI=1S/C18H23NO2S/c1-4-15(3)19(12-17-6-5-11-22-17)18(20)13-21-16-9-7-14(2)8-10-16/h5-11,15H,4,12-13H2,1-3H3. The second-order valence-corrected chi connectivity index (χ2v) is 6.49. The van der Waals surface area contributed by atoms with Gasteiger partial charge < -0.3 is 9.64 Å². The largest absolute Gasteiger partial charge is 0.484 e. The monoisotopic (exact) mass is 317 g/mol. The van der Waals surface area contributed by atoms with Crippen LogP contribution in [-0.2, 0) is 11.3 Å². The molecule has 22 heavy (non-hydrogen) atoms. The first-order valence-electron chi connectivity index (χ1n) is 7.61. The molecule has 0 bridgehead atoms. The number of hydrogen-bond acceptors (Lipinski definition) is 3. The van der Waals surface area contributed by atoms with Crippen LogP contribution in [0.3, 0.4) is 0 Å². The van der Waals surface area contributed by atoms with Crippen molar-refractivity contribution >= 4 is 17.2 Å². The van der Waals surface area contributed by atoms with E-state index < -0.39 is 0 Å². The molecular formula is C18H23NO2S. The second kappa shape index (κ2) is 7.99. The normalized spacial score (nSPS) is 12.0. The summed E-state index contributed by atoms with van der Waals surface area (Å²) in [6.45, 7) is 6.94. The van der Waals surface area contributed by atoms with Gasteiger partial charge in [-0.2, -0.15) is 0 Å². The molecule has 1 unspecified atom stereocenters. The third-order valence-corrected chi connectivity index (χ3v) is 4.59. The van der Waals surface area contributed by atoms with E-state index in [2.05, 4.69) is 19.9 Å². The first kappa shape index (κ1) is 16.6. The average molecular weight is 317 g/mol. The van der Waals surface area contributed by atoms with Crippen molar-refractivity contribution < 1.29 is 9.53 Å². The Balaban J connectivity index is 1.97. The number of thiophene rings is 1. The van der Waals surface area contributed by atoms with Crippen molar-refractivity contribution in [2.45, 2.75) is 39.8 Å². The van der Waals surface area contributed by atoms with Crippen LogP contribution in [0.5, 0.6) is 5.75 Å². The number of rotatable bonds is 7. The van der Waals surface area contributed by atoms with Crippen LogP contribution in [0, 0.1) is 6.92 Å². The molecule has 1 aromatic carbocycles. The molecule has 1 amide bonds. The molecule has 118 valence electrons. The van der Waals surface area contributed by atoms with Crippen molar-refractivity contribution in [2.24, 2.45) is 0 Å². The lowest BCUT2D eigenvalue weighted by atomic mass is 10.2. The third kappa shape index (κ3) is 4.60. The van der Waals surface area contributed by atoms with Gasteiger partial charge in [-0.25, -0.2) is 0 Å². The molecule has 0 fully saturated rings. The molecule has 0 spiro atoms. The maximum Gasteiger partial charge on any atom is 0.261 e. The summed E-state index contributed by atoms with van der Waals surface area (Å²) in [5.41, 5.74) is 1.18. The zero-order valence-corrected chi connectivity index (χ0v) is 14.2. The molecule has 2 rings (SSSR count). The summed E-state index contributed by atoms with van der Waals surface area (Å²) >= 11 is 1.68. The Morgan fingerprint density at radius 3 is 2.59 bits per heavy atom. The molecule has 4 heteroatoms. The average Bonchev–Trinajstić information content (AvgIpc) is 3.04. The highest BCUT2D eigenvalue weighted by Crippen LogP contribution is 2.17. The molecule has 0 saturated heterocycles. The maximum absolute atomic E-state index is 12.5. The van der Waals surface area contributed by atoms with Crippen LogP contribution in [0.4, 0.5) is 0 Å². The van der Waals surface area contributed by atoms with Gasteiger partial charge in [0.2, 0.25) is 0 Å². The van der Waals surface area contributed by atoms with Gasteiger partial charge in [-0.05, 0) is 43.8 Å². The second-order valence-electron chi connectivity index (χ2n) is 5.46. The number of amides is 1. The smallest absolute Gasteiger partial charge is 0.261 e. The minimum Gasteiger partial charge on any atom is -0.484 e. The van der Waals surface area contributed by atoms with Crippen molar-refractivity contribution in [1.82, 2.24) is 4.90 Å². The summed E-state index contributed by atoms with van der Waals surface area (Å²) in [4.78, 5) is 15.6. The lowest BCUT2D eigenvalue weighted by Crippen LogP contribution is -2.40. The number of carbonyl (C=O) groups is 1. The van der Waals surface area contributed by atoms with Crippen molar-refractivity contribution in [3.63, 3.8) is 0 Å². The molecule has 0 radical (unpaired) electrons. The highest BCUT2D eigenvalue weighted by Gasteiger charge is 2.20. The van der Waals surface area contributed by atoms with Crippen LogP contribution in [0.1, 0.15) is 30.7 Å². The summed E-state index contributed by atoms with van der Waals surface area (Å²) in [7, 11) is 0. The van der Waals surface area contributed by atoms with E-state index in [0.717, 1.165) is 12.2 Å². The molecule has 0 aliphatic heterocycles. The van der Waals surface area contributed by atoms with E-state index in [4.69, 9.17) is 4.74 Å². The number of aryl methyl sites for hydroxylation is 1. The summed E-state index contributed by atoms with van der Waals surface area (Å²) < 4.78 is 5.63. The van der Waals surface area contributed by atoms with E-state index in [0.29, 0.717) is 6.54 Å². The van der Waals surface area contributed by atoms with E-state index in [-0.39, 0.29) is 18.6 Å². The minimum absolute atomic E-state index is 0.0309. The molecule has 3 nitrogen and oxygen atoms in total. The van der Waals surface area contributed by atoms with Gasteiger partial charge in [-0.1, -0.05) is 30.7 Å². The van der Waals surface area contributed by atoms with Gasteiger partial charge >= 0.3 is 0 Å². The Kier molecular flexibility index (Phi) is 6.01. The fraction of sp³-hybridized carbons (Fsp3) is 0.389. The molecule has 0 saturated carbocycles. The van der Waals surface area contributed by atoms with E-state index in [1.165, 1.54) is 10.4 Å². The Morgan fingerprint density at radius 1 is 1.27 bits per heavy atom. The van der Waals surface area contributed by atoms with Gasteiger partial charge in [0.15, 0.2) is 6.61 Å². The maximum atomic E-state index is 12.5. The van der Waals surface area contributed by atoms with Gasteiger partial charge in [0.1, 0.15) is 5.75 Å². The lowest BCUT2D eigenvalue weighted by molar-refractivity contribution is -0.136. The number of carbonyl (C=O) groups excluding carboxylic acids is 1. The fourth-order valence-corrected chi connectivity index (χ4v) is 2.85. The van der Waals surface area contributed by atoms with Gasteiger partial charge in [0.05, 0.1) is 6.54 Å². The van der Waals surface area contributed by atoms with Crippen molar-refractivity contribution in [3.05, 3.63) is 52.2 Å². The molecule has 0 aliphatic rings.